The number of hydrogen-bond acceptors (Lipinski definition) is 5. The van der Waals surface area contributed by atoms with E-state index in [0.717, 1.165) is 17.7 Å². The number of nitrogens with one attached hydrogen (secondary N) is 1. The first kappa shape index (κ1) is 18.4. The first-order chi connectivity index (χ1) is 12.6. The molecule has 1 saturated heterocycles. The second-order valence-corrected chi connectivity index (χ2v) is 7.14. The maximum Gasteiger partial charge on any atom is 0.283 e. The third-order valence-electron chi connectivity index (χ3n) is 4.15. The fraction of sp³-hybridized carbons (Fsp3) is 0.250. The number of amides is 1. The average Bonchev–Trinajstić information content (AvgIpc) is 2.97. The Hall–Kier alpha value is -2.44. The summed E-state index contributed by atoms with van der Waals surface area (Å²) in [4.78, 5) is 11.4. The van der Waals surface area contributed by atoms with E-state index in [-0.39, 0.29) is 17.1 Å². The van der Waals surface area contributed by atoms with Gasteiger partial charge in [0.25, 0.3) is 5.24 Å². The Balaban J connectivity index is 1.56. The molecule has 1 aliphatic rings. The maximum atomic E-state index is 11.4. The highest BCUT2D eigenvalue weighted by molar-refractivity contribution is 8.14. The SMILES string of the molecule is C=C1NC(=O)SC1Cc1ccc(OCC(O)c2ccccc2OC)cc1. The highest BCUT2D eigenvalue weighted by Crippen LogP contribution is 2.29. The Morgan fingerprint density at radius 3 is 2.62 bits per heavy atom. The van der Waals surface area contributed by atoms with Gasteiger partial charge in [0.1, 0.15) is 24.2 Å². The topological polar surface area (TPSA) is 67.8 Å². The summed E-state index contributed by atoms with van der Waals surface area (Å²) in [5.41, 5.74) is 2.54. The van der Waals surface area contributed by atoms with E-state index in [1.165, 1.54) is 11.8 Å². The summed E-state index contributed by atoms with van der Waals surface area (Å²) in [6, 6.07) is 15.0. The zero-order valence-corrected chi connectivity index (χ0v) is 15.3. The van der Waals surface area contributed by atoms with Crippen LogP contribution in [0.2, 0.25) is 0 Å². The Morgan fingerprint density at radius 2 is 1.96 bits per heavy atom. The van der Waals surface area contributed by atoms with E-state index >= 15 is 0 Å². The fourth-order valence-electron chi connectivity index (χ4n) is 2.75. The number of ether oxygens (including phenoxy) is 2. The lowest BCUT2D eigenvalue weighted by atomic mass is 10.1. The summed E-state index contributed by atoms with van der Waals surface area (Å²) in [5, 5.41) is 13.1. The molecule has 0 aromatic heterocycles. The number of aliphatic hydroxyl groups excluding tert-OH is 1. The van der Waals surface area contributed by atoms with Crippen LogP contribution in [0.5, 0.6) is 11.5 Å². The van der Waals surface area contributed by atoms with Crippen molar-refractivity contribution in [1.29, 1.82) is 0 Å². The summed E-state index contributed by atoms with van der Waals surface area (Å²) in [6.07, 6.45) is -0.0482. The zero-order chi connectivity index (χ0) is 18.5. The number of methoxy groups -OCH3 is 1. The van der Waals surface area contributed by atoms with Gasteiger partial charge in [0.2, 0.25) is 0 Å². The molecule has 136 valence electrons. The third-order valence-corrected chi connectivity index (χ3v) is 5.20. The Labute approximate surface area is 157 Å². The number of thioether (sulfide) groups is 1. The van der Waals surface area contributed by atoms with Gasteiger partial charge in [0.15, 0.2) is 0 Å². The highest BCUT2D eigenvalue weighted by atomic mass is 32.2. The van der Waals surface area contributed by atoms with E-state index in [0.29, 0.717) is 17.1 Å². The molecule has 26 heavy (non-hydrogen) atoms. The molecule has 2 aromatic carbocycles. The molecule has 2 N–H and O–H groups in total. The van der Waals surface area contributed by atoms with Crippen LogP contribution in [0.3, 0.4) is 0 Å². The normalized spacial score (nSPS) is 17.7. The van der Waals surface area contributed by atoms with Gasteiger partial charge in [-0.25, -0.2) is 0 Å². The third kappa shape index (κ3) is 4.39. The van der Waals surface area contributed by atoms with Crippen LogP contribution in [0.25, 0.3) is 0 Å². The van der Waals surface area contributed by atoms with Gasteiger partial charge >= 0.3 is 0 Å². The summed E-state index contributed by atoms with van der Waals surface area (Å²) in [6.45, 7) is 4.01. The first-order valence-electron chi connectivity index (χ1n) is 8.26. The number of benzene rings is 2. The average molecular weight is 371 g/mol. The van der Waals surface area contributed by atoms with Crippen LogP contribution in [0, 0.1) is 0 Å². The van der Waals surface area contributed by atoms with Crippen molar-refractivity contribution in [2.24, 2.45) is 0 Å². The predicted molar refractivity (Wildman–Crippen MR) is 103 cm³/mol. The van der Waals surface area contributed by atoms with Crippen LogP contribution in [0.15, 0.2) is 60.8 Å². The van der Waals surface area contributed by atoms with Crippen molar-refractivity contribution in [2.45, 2.75) is 17.8 Å². The van der Waals surface area contributed by atoms with Gasteiger partial charge in [-0.05, 0) is 30.2 Å². The molecule has 2 aromatic rings. The minimum Gasteiger partial charge on any atom is -0.496 e. The second-order valence-electron chi connectivity index (χ2n) is 5.96. The molecular weight excluding hydrogens is 350 g/mol. The van der Waals surface area contributed by atoms with E-state index in [1.807, 2.05) is 48.5 Å². The van der Waals surface area contributed by atoms with E-state index in [2.05, 4.69) is 11.9 Å². The summed E-state index contributed by atoms with van der Waals surface area (Å²) in [5.74, 6) is 1.31. The smallest absolute Gasteiger partial charge is 0.283 e. The lowest BCUT2D eigenvalue weighted by molar-refractivity contribution is 0.105. The van der Waals surface area contributed by atoms with E-state index in [4.69, 9.17) is 9.47 Å². The summed E-state index contributed by atoms with van der Waals surface area (Å²) < 4.78 is 11.0. The first-order valence-corrected chi connectivity index (χ1v) is 9.14. The van der Waals surface area contributed by atoms with E-state index in [9.17, 15) is 9.90 Å². The Bertz CT molecular complexity index is 791. The largest absolute Gasteiger partial charge is 0.496 e. The molecule has 5 nitrogen and oxygen atoms in total. The number of aliphatic hydroxyl groups is 1. The number of carbonyl (C=O) groups excluding carboxylic acids is 1. The van der Waals surface area contributed by atoms with Crippen LogP contribution in [0.4, 0.5) is 4.79 Å². The summed E-state index contributed by atoms with van der Waals surface area (Å²) in [7, 11) is 1.57. The highest BCUT2D eigenvalue weighted by Gasteiger charge is 2.26. The van der Waals surface area contributed by atoms with Crippen molar-refractivity contribution in [1.82, 2.24) is 5.32 Å². The van der Waals surface area contributed by atoms with Gasteiger partial charge in [0.05, 0.1) is 12.4 Å². The van der Waals surface area contributed by atoms with Crippen LogP contribution in [-0.2, 0) is 6.42 Å². The molecule has 2 unspecified atom stereocenters. The van der Waals surface area contributed by atoms with Crippen molar-refractivity contribution in [3.63, 3.8) is 0 Å². The van der Waals surface area contributed by atoms with Crippen molar-refractivity contribution < 1.29 is 19.4 Å². The predicted octanol–water partition coefficient (Wildman–Crippen LogP) is 3.69. The van der Waals surface area contributed by atoms with Gasteiger partial charge in [-0.1, -0.05) is 48.7 Å². The molecule has 1 amide bonds. The maximum absolute atomic E-state index is 11.4. The van der Waals surface area contributed by atoms with Crippen LogP contribution in [-0.4, -0.2) is 29.3 Å². The Kier molecular flexibility index (Phi) is 5.85. The van der Waals surface area contributed by atoms with Gasteiger partial charge in [-0.15, -0.1) is 0 Å². The van der Waals surface area contributed by atoms with Crippen LogP contribution in [0.1, 0.15) is 17.2 Å². The molecule has 0 aliphatic carbocycles. The molecule has 0 saturated carbocycles. The minimum absolute atomic E-state index is 0.0507. The quantitative estimate of drug-likeness (QED) is 0.777. The van der Waals surface area contributed by atoms with Gasteiger partial charge in [0, 0.05) is 11.3 Å². The molecule has 3 rings (SSSR count). The van der Waals surface area contributed by atoms with E-state index < -0.39 is 6.10 Å². The standard InChI is InChI=1S/C20H21NO4S/c1-13-19(26-20(23)21-13)11-14-7-9-15(10-8-14)25-12-17(22)16-5-3-4-6-18(16)24-2/h3-10,17,19,22H,1,11-12H2,2H3,(H,21,23). The number of hydrogen-bond donors (Lipinski definition) is 2. The lowest BCUT2D eigenvalue weighted by Crippen LogP contribution is -2.13. The van der Waals surface area contributed by atoms with Gasteiger partial charge in [-0.3, -0.25) is 4.79 Å². The minimum atomic E-state index is -0.777. The molecule has 1 heterocycles. The lowest BCUT2D eigenvalue weighted by Gasteiger charge is -2.16. The number of rotatable bonds is 7. The molecule has 0 bridgehead atoms. The van der Waals surface area contributed by atoms with Crippen molar-refractivity contribution in [3.05, 3.63) is 71.9 Å². The molecule has 1 aliphatic heterocycles. The van der Waals surface area contributed by atoms with Gasteiger partial charge < -0.3 is 19.9 Å². The molecule has 1 fully saturated rings. The number of carbonyl (C=O) groups is 1. The molecule has 6 heteroatoms. The molecule has 0 radical (unpaired) electrons. The second kappa shape index (κ2) is 8.29. The molecule has 0 spiro atoms. The van der Waals surface area contributed by atoms with Crippen LogP contribution < -0.4 is 14.8 Å². The molecular formula is C20H21NO4S. The zero-order valence-electron chi connectivity index (χ0n) is 14.5. The fourth-order valence-corrected chi connectivity index (χ4v) is 3.67. The molecule has 2 atom stereocenters. The van der Waals surface area contributed by atoms with Crippen molar-refractivity contribution >= 4 is 17.0 Å². The monoisotopic (exact) mass is 371 g/mol. The van der Waals surface area contributed by atoms with E-state index in [1.54, 1.807) is 7.11 Å². The van der Waals surface area contributed by atoms with Crippen molar-refractivity contribution in [2.75, 3.05) is 13.7 Å². The number of para-hydroxylation sites is 1. The van der Waals surface area contributed by atoms with Gasteiger partial charge in [-0.2, -0.15) is 0 Å². The Morgan fingerprint density at radius 1 is 1.23 bits per heavy atom. The van der Waals surface area contributed by atoms with Crippen molar-refractivity contribution in [3.8, 4) is 11.5 Å². The summed E-state index contributed by atoms with van der Waals surface area (Å²) >= 11 is 1.26. The van der Waals surface area contributed by atoms with Crippen LogP contribution >= 0.6 is 11.8 Å².